The van der Waals surface area contributed by atoms with Crippen LogP contribution in [0.15, 0.2) is 19.8 Å². The van der Waals surface area contributed by atoms with Crippen LogP contribution in [0.3, 0.4) is 0 Å². The molecule has 11 heteroatoms. The number of nitrogens with zero attached hydrogens (tertiary/aromatic N) is 2. The van der Waals surface area contributed by atoms with Crippen LogP contribution in [0.4, 0.5) is 11.4 Å². The van der Waals surface area contributed by atoms with Gasteiger partial charge in [0.2, 0.25) is 0 Å². The molecule has 0 fully saturated rings. The molecule has 0 atom stereocenters. The van der Waals surface area contributed by atoms with Gasteiger partial charge >= 0.3 is 17.1 Å². The Morgan fingerprint density at radius 1 is 0.941 bits per heavy atom. The second kappa shape index (κ2) is 6.35. The van der Waals surface area contributed by atoms with Crippen LogP contribution in [0.1, 0.15) is 0 Å². The van der Waals surface area contributed by atoms with E-state index in [2.05, 4.69) is 46.3 Å². The molecule has 0 heterocycles. The van der Waals surface area contributed by atoms with Crippen molar-refractivity contribution in [3.8, 4) is 0 Å². The van der Waals surface area contributed by atoms with Crippen molar-refractivity contribution in [2.24, 2.45) is 21.7 Å². The number of anilines is 2. The first-order valence-electron chi connectivity index (χ1n) is 3.79. The first kappa shape index (κ1) is 15.6. The van der Waals surface area contributed by atoms with E-state index in [0.29, 0.717) is 0 Å². The maximum absolute atomic E-state index is 11.1. The van der Waals surface area contributed by atoms with E-state index in [0.717, 1.165) is 0 Å². The van der Waals surface area contributed by atoms with E-state index in [1.54, 1.807) is 0 Å². The smallest absolute Gasteiger partial charge is 0.741 e. The van der Waals surface area contributed by atoms with Gasteiger partial charge in [-0.05, 0) is 10.3 Å². The molecule has 0 aliphatic rings. The van der Waals surface area contributed by atoms with Gasteiger partial charge < -0.3 is 36.7 Å². The number of nitrogens with one attached hydrogen (secondary N) is 2. The van der Waals surface area contributed by atoms with Gasteiger partial charge in [-0.3, -0.25) is 20.4 Å². The minimum absolute atomic E-state index is 0. The van der Waals surface area contributed by atoms with Gasteiger partial charge in [0.05, 0.1) is 0 Å². The van der Waals surface area contributed by atoms with Gasteiger partial charge in [-0.2, -0.15) is 10.2 Å². The van der Waals surface area contributed by atoms with E-state index in [1.165, 1.54) is 0 Å². The topological polar surface area (TPSA) is 135 Å². The molecule has 0 spiro atoms. The molecule has 0 saturated heterocycles. The van der Waals surface area contributed by atoms with E-state index < -0.39 is 10.9 Å². The molecule has 0 amide bonds. The monoisotopic (exact) mass is 321 g/mol. The fraction of sp³-hybridized carbons (Fsp3) is 0. The number of rotatable bonds is 4. The van der Waals surface area contributed by atoms with Crippen molar-refractivity contribution in [3.05, 3.63) is 20.4 Å². The van der Waals surface area contributed by atoms with Crippen molar-refractivity contribution in [1.29, 1.82) is 0 Å². The first-order chi connectivity index (χ1) is 7.43. The summed E-state index contributed by atoms with van der Waals surface area (Å²) in [4.78, 5) is 22.1. The molecule has 1 rings (SSSR count). The Morgan fingerprint density at radius 3 is 1.47 bits per heavy atom. The van der Waals surface area contributed by atoms with Crippen LogP contribution in [0, 0.1) is 0 Å². The molecule has 1 radical (unpaired) electrons. The number of hydrogen-bond donors (Lipinski definition) is 4. The zero-order valence-electron chi connectivity index (χ0n) is 7.98. The van der Waals surface area contributed by atoms with Crippen molar-refractivity contribution in [1.82, 2.24) is 0 Å². The third-order valence-electron chi connectivity index (χ3n) is 1.47. The summed E-state index contributed by atoms with van der Waals surface area (Å²) in [5, 5.41) is 6.38. The van der Waals surface area contributed by atoms with E-state index in [1.807, 2.05) is 0 Å². The first-order valence-corrected chi connectivity index (χ1v) is 4.60. The molecule has 0 aliphatic carbocycles. The SMILES string of the molecule is N/C([S-])=N/Nc1c(N/N=C(/N)[S-])c(=O)c1=O.[Cu+2]. The quantitative estimate of drug-likeness (QED) is 0.121. The summed E-state index contributed by atoms with van der Waals surface area (Å²) in [5.41, 5.74) is 12.9. The van der Waals surface area contributed by atoms with E-state index >= 15 is 0 Å². The predicted octanol–water partition coefficient (Wildman–Crippen LogP) is -2.34. The summed E-state index contributed by atoms with van der Waals surface area (Å²) in [6, 6.07) is 0. The van der Waals surface area contributed by atoms with Crippen LogP contribution < -0.4 is 33.2 Å². The van der Waals surface area contributed by atoms with E-state index in [-0.39, 0.29) is 38.8 Å². The fourth-order valence-electron chi connectivity index (χ4n) is 0.827. The van der Waals surface area contributed by atoms with Gasteiger partial charge in [0.1, 0.15) is 11.4 Å². The van der Waals surface area contributed by atoms with Crippen molar-refractivity contribution in [3.63, 3.8) is 0 Å². The third-order valence-corrected chi connectivity index (χ3v) is 1.65. The van der Waals surface area contributed by atoms with Crippen molar-refractivity contribution < 1.29 is 17.1 Å². The van der Waals surface area contributed by atoms with Gasteiger partial charge in [0, 0.05) is 0 Å². The predicted molar refractivity (Wildman–Crippen MR) is 66.6 cm³/mol. The van der Waals surface area contributed by atoms with Gasteiger partial charge in [-0.15, -0.1) is 0 Å². The Morgan fingerprint density at radius 2 is 1.24 bits per heavy atom. The van der Waals surface area contributed by atoms with Gasteiger partial charge in [0.25, 0.3) is 10.9 Å². The molecule has 1 aromatic carbocycles. The molecular weight excluding hydrogens is 316 g/mol. The molecule has 0 aliphatic heterocycles. The van der Waals surface area contributed by atoms with Crippen LogP contribution in [0.25, 0.3) is 0 Å². The largest absolute Gasteiger partial charge is 2.00 e. The van der Waals surface area contributed by atoms with Gasteiger partial charge in [-0.1, -0.05) is 0 Å². The van der Waals surface area contributed by atoms with Gasteiger partial charge in [0.15, 0.2) is 0 Å². The molecule has 95 valence electrons. The molecular formula is C6H6CuN6O2S2. The van der Waals surface area contributed by atoms with Crippen LogP contribution >= 0.6 is 0 Å². The fourth-order valence-corrected chi connectivity index (χ4v) is 0.918. The molecule has 0 bridgehead atoms. The number of hydrogen-bond acceptors (Lipinski definition) is 8. The number of nitrogens with two attached hydrogens (primary N) is 2. The molecule has 0 aromatic heterocycles. The maximum atomic E-state index is 11.1. The number of hydrazone groups is 2. The number of amidine groups is 2. The second-order valence-corrected chi connectivity index (χ2v) is 3.37. The average Bonchev–Trinajstić information content (AvgIpc) is 2.20. The standard InChI is InChI=1S/C6H8N6O2S2.Cu/c7-5(15)11-9-1-2(4(14)3(1)13)10-12-6(8)16;/h9-10H,(H3,7,11,15)(H3,8,12,16);/q;+2/p-2. The molecule has 1 aromatic rings. The van der Waals surface area contributed by atoms with E-state index in [9.17, 15) is 9.59 Å². The summed E-state index contributed by atoms with van der Waals surface area (Å²) < 4.78 is 0. The Hall–Kier alpha value is -1.42. The van der Waals surface area contributed by atoms with Crippen LogP contribution in [-0.4, -0.2) is 10.3 Å². The van der Waals surface area contributed by atoms with Crippen LogP contribution in [-0.2, 0) is 42.3 Å². The van der Waals surface area contributed by atoms with Crippen molar-refractivity contribution in [2.75, 3.05) is 10.9 Å². The Bertz CT molecular complexity index is 479. The van der Waals surface area contributed by atoms with Crippen molar-refractivity contribution >= 4 is 47.0 Å². The van der Waals surface area contributed by atoms with Crippen LogP contribution in [0.2, 0.25) is 0 Å². The molecule has 8 nitrogen and oxygen atoms in total. The summed E-state index contributed by atoms with van der Waals surface area (Å²) >= 11 is 8.89. The van der Waals surface area contributed by atoms with E-state index in [4.69, 9.17) is 11.5 Å². The molecule has 0 unspecified atom stereocenters. The van der Waals surface area contributed by atoms with Gasteiger partial charge in [-0.25, -0.2) is 0 Å². The Labute approximate surface area is 117 Å². The average molecular weight is 322 g/mol. The Balaban J connectivity index is 0.00000256. The van der Waals surface area contributed by atoms with Crippen molar-refractivity contribution in [2.45, 2.75) is 0 Å². The summed E-state index contributed by atoms with van der Waals surface area (Å²) in [6.07, 6.45) is 0. The zero-order chi connectivity index (χ0) is 12.3. The summed E-state index contributed by atoms with van der Waals surface area (Å²) in [7, 11) is 0. The minimum Gasteiger partial charge on any atom is -0.741 e. The molecule has 0 saturated carbocycles. The summed E-state index contributed by atoms with van der Waals surface area (Å²) in [6.45, 7) is 0. The maximum Gasteiger partial charge on any atom is 2.00 e. The molecule has 6 N–H and O–H groups in total. The normalized spacial score (nSPS) is 12.0. The third kappa shape index (κ3) is 3.82. The summed E-state index contributed by atoms with van der Waals surface area (Å²) in [5.74, 6) is 0. The minimum atomic E-state index is -0.749. The molecule has 17 heavy (non-hydrogen) atoms. The Kier molecular flexibility index (Phi) is 5.82. The van der Waals surface area contributed by atoms with Crippen LogP contribution in [0.5, 0.6) is 0 Å². The zero-order valence-corrected chi connectivity index (χ0v) is 10.6. The second-order valence-electron chi connectivity index (χ2n) is 2.53.